The molecule has 0 aliphatic heterocycles. The van der Waals surface area contributed by atoms with Gasteiger partial charge in [0.15, 0.2) is 11.5 Å². The summed E-state index contributed by atoms with van der Waals surface area (Å²) in [5.41, 5.74) is 5.23. The van der Waals surface area contributed by atoms with E-state index in [1.807, 2.05) is 37.3 Å². The van der Waals surface area contributed by atoms with Crippen LogP contribution >= 0.6 is 0 Å². The van der Waals surface area contributed by atoms with Crippen LogP contribution in [0.25, 0.3) is 33.6 Å². The van der Waals surface area contributed by atoms with E-state index in [-0.39, 0.29) is 28.6 Å². The number of methoxy groups -OCH3 is 2. The predicted octanol–water partition coefficient (Wildman–Crippen LogP) is 1.48. The van der Waals surface area contributed by atoms with Gasteiger partial charge >= 0.3 is 17.1 Å². The van der Waals surface area contributed by atoms with E-state index in [4.69, 9.17) is 39.2 Å². The molecule has 2 aromatic carbocycles. The number of aliphatic carboxylic acids is 3. The van der Waals surface area contributed by atoms with Gasteiger partial charge in [-0.25, -0.2) is 0 Å². The Hall–Kier alpha value is -5.13. The van der Waals surface area contributed by atoms with Gasteiger partial charge in [-0.2, -0.15) is 0 Å². The molecule has 12 nitrogen and oxygen atoms in total. The number of aromatic hydroxyl groups is 2. The quantitative estimate of drug-likeness (QED) is 0.296. The summed E-state index contributed by atoms with van der Waals surface area (Å²) in [6.07, 6.45) is 3.39. The Bertz CT molecular complexity index is 1490. The second-order valence-electron chi connectivity index (χ2n) is 8.59. The van der Waals surface area contributed by atoms with Crippen molar-refractivity contribution in [3.63, 3.8) is 0 Å². The maximum atomic E-state index is 10.5. The number of carboxylic acid groups (broad SMARTS) is 3. The molecular formula is C31H31MnN2O10. The zero-order valence-corrected chi connectivity index (χ0v) is 26.0. The number of carbonyl (C=O) groups is 3. The number of hydrogen-bond donors (Lipinski definition) is 2. The Morgan fingerprint density at radius 2 is 1.14 bits per heavy atom. The SMILES string of the molecule is CC(=O)[O-].CC(=O)[O-].CC(=O)[O-].COc1ccc(O)c(-c2ccc(-c3ccc(-c4cc(C)cc(OC)c4O)cn3)nc2)c1.[Mn+3]. The zero-order valence-electron chi connectivity index (χ0n) is 24.8. The number of hydrogen-bond acceptors (Lipinski definition) is 12. The number of carbonyl (C=O) groups excluding carboxylic acids is 3. The van der Waals surface area contributed by atoms with Crippen LogP contribution in [0.15, 0.2) is 67.0 Å². The topological polar surface area (TPSA) is 205 Å². The van der Waals surface area contributed by atoms with Crippen molar-refractivity contribution in [2.75, 3.05) is 14.2 Å². The number of pyridine rings is 2. The maximum Gasteiger partial charge on any atom is 3.00 e. The molecule has 13 heteroatoms. The number of benzene rings is 2. The molecule has 0 bridgehead atoms. The molecule has 0 aliphatic rings. The molecule has 0 spiro atoms. The Kier molecular flexibility index (Phi) is 16.9. The van der Waals surface area contributed by atoms with Crippen molar-refractivity contribution in [1.82, 2.24) is 9.97 Å². The van der Waals surface area contributed by atoms with Gasteiger partial charge in [-0.1, -0.05) is 12.1 Å². The minimum absolute atomic E-state index is 0. The van der Waals surface area contributed by atoms with Crippen LogP contribution in [-0.2, 0) is 31.5 Å². The van der Waals surface area contributed by atoms with Crippen LogP contribution in [-0.4, -0.2) is 52.3 Å². The second kappa shape index (κ2) is 19.1. The van der Waals surface area contributed by atoms with Crippen LogP contribution in [0, 0.1) is 6.92 Å². The van der Waals surface area contributed by atoms with Gasteiger partial charge in [0, 0.05) is 52.6 Å². The fourth-order valence-corrected chi connectivity index (χ4v) is 3.40. The van der Waals surface area contributed by atoms with Gasteiger partial charge < -0.3 is 49.4 Å². The van der Waals surface area contributed by atoms with Crippen LogP contribution in [0.3, 0.4) is 0 Å². The van der Waals surface area contributed by atoms with Crippen molar-refractivity contribution in [2.24, 2.45) is 0 Å². The van der Waals surface area contributed by atoms with E-state index in [9.17, 15) is 10.2 Å². The number of rotatable bonds is 5. The molecule has 0 amide bonds. The minimum atomic E-state index is -1.08. The molecule has 0 saturated heterocycles. The summed E-state index contributed by atoms with van der Waals surface area (Å²) in [4.78, 5) is 35.7. The summed E-state index contributed by atoms with van der Waals surface area (Å²) in [5, 5.41) is 47.3. The van der Waals surface area contributed by atoms with Gasteiger partial charge in [0.1, 0.15) is 11.5 Å². The fourth-order valence-electron chi connectivity index (χ4n) is 3.40. The van der Waals surface area contributed by atoms with E-state index in [1.54, 1.807) is 43.8 Å². The Labute approximate surface area is 265 Å². The first-order chi connectivity index (χ1) is 20.2. The number of phenols is 2. The molecule has 2 heterocycles. The maximum absolute atomic E-state index is 10.5. The molecule has 44 heavy (non-hydrogen) atoms. The molecule has 2 aromatic heterocycles. The molecule has 4 aromatic rings. The van der Waals surface area contributed by atoms with E-state index in [0.29, 0.717) is 34.0 Å². The van der Waals surface area contributed by atoms with Crippen molar-refractivity contribution < 1.29 is 66.5 Å². The first-order valence-electron chi connectivity index (χ1n) is 12.4. The molecule has 0 fully saturated rings. The molecule has 0 radical (unpaired) electrons. The standard InChI is InChI=1S/C25H22N2O4.3C2H4O2.Mn/c1-15-10-20(25(29)24(11-15)31-3)17-5-8-22(27-14-17)21-7-4-16(13-26-21)19-12-18(30-2)6-9-23(19)28;3*1-2(3)4;/h4-14,28-29H,1-3H3;3*1H3,(H,3,4);/q;;;;+3/p-3. The molecule has 0 unspecified atom stereocenters. The van der Waals surface area contributed by atoms with Crippen LogP contribution in [0.4, 0.5) is 0 Å². The molecular weight excluding hydrogens is 615 g/mol. The minimum Gasteiger partial charge on any atom is -0.550 e. The average Bonchev–Trinajstić information content (AvgIpc) is 2.94. The number of carboxylic acids is 3. The monoisotopic (exact) mass is 646 g/mol. The molecule has 0 saturated carbocycles. The summed E-state index contributed by atoms with van der Waals surface area (Å²) in [6.45, 7) is 4.86. The van der Waals surface area contributed by atoms with E-state index in [2.05, 4.69) is 9.97 Å². The van der Waals surface area contributed by atoms with Crippen LogP contribution < -0.4 is 24.8 Å². The van der Waals surface area contributed by atoms with Gasteiger partial charge in [-0.15, -0.1) is 0 Å². The van der Waals surface area contributed by atoms with Crippen molar-refractivity contribution in [2.45, 2.75) is 27.7 Å². The first kappa shape index (κ1) is 38.9. The molecule has 232 valence electrons. The first-order valence-corrected chi connectivity index (χ1v) is 12.4. The Morgan fingerprint density at radius 1 is 0.682 bits per heavy atom. The van der Waals surface area contributed by atoms with Gasteiger partial charge in [-0.05, 0) is 75.7 Å². The Morgan fingerprint density at radius 3 is 1.52 bits per heavy atom. The largest absolute Gasteiger partial charge is 3.00 e. The third kappa shape index (κ3) is 13.2. The number of nitrogens with zero attached hydrogens (tertiary/aromatic N) is 2. The van der Waals surface area contributed by atoms with E-state index < -0.39 is 17.9 Å². The van der Waals surface area contributed by atoms with Gasteiger partial charge in [0.05, 0.1) is 25.6 Å². The summed E-state index contributed by atoms with van der Waals surface area (Å²) >= 11 is 0. The summed E-state index contributed by atoms with van der Waals surface area (Å²) in [5.74, 6) is -1.92. The second-order valence-corrected chi connectivity index (χ2v) is 8.59. The van der Waals surface area contributed by atoms with E-state index in [1.165, 1.54) is 7.11 Å². The third-order valence-electron chi connectivity index (χ3n) is 5.05. The zero-order chi connectivity index (χ0) is 32.7. The molecule has 2 N–H and O–H groups in total. The van der Waals surface area contributed by atoms with Gasteiger partial charge in [0.25, 0.3) is 0 Å². The average molecular weight is 647 g/mol. The summed E-state index contributed by atoms with van der Waals surface area (Å²) < 4.78 is 10.5. The summed E-state index contributed by atoms with van der Waals surface area (Å²) in [7, 11) is 3.11. The van der Waals surface area contributed by atoms with Crippen LogP contribution in [0.2, 0.25) is 0 Å². The van der Waals surface area contributed by atoms with Crippen molar-refractivity contribution in [3.05, 3.63) is 72.6 Å². The summed E-state index contributed by atoms with van der Waals surface area (Å²) in [6, 6.07) is 16.2. The number of ether oxygens (including phenoxy) is 2. The molecule has 0 aliphatic carbocycles. The van der Waals surface area contributed by atoms with E-state index in [0.717, 1.165) is 37.5 Å². The van der Waals surface area contributed by atoms with Crippen LogP contribution in [0.5, 0.6) is 23.0 Å². The van der Waals surface area contributed by atoms with Gasteiger partial charge in [-0.3, -0.25) is 9.97 Å². The van der Waals surface area contributed by atoms with Crippen LogP contribution in [0.1, 0.15) is 26.3 Å². The van der Waals surface area contributed by atoms with Crippen molar-refractivity contribution in [1.29, 1.82) is 0 Å². The molecule has 4 rings (SSSR count). The Balaban J connectivity index is 0.00000122. The third-order valence-corrected chi connectivity index (χ3v) is 5.05. The van der Waals surface area contributed by atoms with Crippen molar-refractivity contribution >= 4 is 17.9 Å². The predicted molar refractivity (Wildman–Crippen MR) is 152 cm³/mol. The normalized spacial score (nSPS) is 9.23. The van der Waals surface area contributed by atoms with E-state index >= 15 is 0 Å². The van der Waals surface area contributed by atoms with Crippen molar-refractivity contribution in [3.8, 4) is 56.6 Å². The fraction of sp³-hybridized carbons (Fsp3) is 0.194. The number of phenolic OH excluding ortho intramolecular Hbond substituents is 2. The number of aryl methyl sites for hydroxylation is 1. The molecule has 0 atom stereocenters. The van der Waals surface area contributed by atoms with Gasteiger partial charge in [0.2, 0.25) is 0 Å². The number of aromatic nitrogens is 2. The smallest absolute Gasteiger partial charge is 0.550 e.